The molecular formula is C7H9ClN6. The lowest BCUT2D eigenvalue weighted by Crippen LogP contribution is -2.07. The second-order valence-corrected chi connectivity index (χ2v) is 3.27. The van der Waals surface area contributed by atoms with Gasteiger partial charge in [-0.05, 0) is 0 Å². The van der Waals surface area contributed by atoms with E-state index in [1.54, 1.807) is 15.6 Å². The van der Waals surface area contributed by atoms with Crippen molar-refractivity contribution in [2.45, 2.75) is 6.54 Å². The standard InChI is InChI=1S/C7H9ClN6/c1-13-6(10-4-11-13)3-14-2-5(8)7(9)12-14/h2,4H,3H2,1H3,(H2,9,12). The Hall–Kier alpha value is -1.56. The van der Waals surface area contributed by atoms with Crippen LogP contribution in [0.4, 0.5) is 5.82 Å². The normalized spacial score (nSPS) is 10.7. The average Bonchev–Trinajstić information content (AvgIpc) is 2.63. The summed E-state index contributed by atoms with van der Waals surface area (Å²) < 4.78 is 3.30. The minimum absolute atomic E-state index is 0.328. The van der Waals surface area contributed by atoms with E-state index in [1.165, 1.54) is 6.33 Å². The molecule has 2 rings (SSSR count). The summed E-state index contributed by atoms with van der Waals surface area (Å²) >= 11 is 5.76. The molecule has 0 radical (unpaired) electrons. The SMILES string of the molecule is Cn1ncnc1Cn1cc(Cl)c(N)n1. The number of rotatable bonds is 2. The summed E-state index contributed by atoms with van der Waals surface area (Å²) in [7, 11) is 1.82. The molecule has 7 heteroatoms. The number of aryl methyl sites for hydroxylation is 1. The molecule has 2 heterocycles. The summed E-state index contributed by atoms with van der Waals surface area (Å²) in [4.78, 5) is 4.06. The number of hydrogen-bond donors (Lipinski definition) is 1. The molecular weight excluding hydrogens is 204 g/mol. The molecule has 0 bridgehead atoms. The number of hydrogen-bond acceptors (Lipinski definition) is 4. The zero-order valence-electron chi connectivity index (χ0n) is 7.55. The highest BCUT2D eigenvalue weighted by Gasteiger charge is 2.05. The van der Waals surface area contributed by atoms with Gasteiger partial charge in [0.05, 0.1) is 0 Å². The first-order valence-corrected chi connectivity index (χ1v) is 4.36. The van der Waals surface area contributed by atoms with Gasteiger partial charge in [0.15, 0.2) is 5.82 Å². The largest absolute Gasteiger partial charge is 0.381 e. The minimum Gasteiger partial charge on any atom is -0.381 e. The molecule has 2 aromatic rings. The van der Waals surface area contributed by atoms with Gasteiger partial charge in [0.25, 0.3) is 0 Å². The Labute approximate surface area is 85.3 Å². The van der Waals surface area contributed by atoms with E-state index in [0.29, 0.717) is 17.4 Å². The Kier molecular flexibility index (Phi) is 2.12. The number of nitrogens with two attached hydrogens (primary N) is 1. The third-order valence-electron chi connectivity index (χ3n) is 1.85. The van der Waals surface area contributed by atoms with Crippen LogP contribution in [-0.2, 0) is 13.6 Å². The van der Waals surface area contributed by atoms with Gasteiger partial charge in [-0.15, -0.1) is 0 Å². The molecule has 0 spiro atoms. The van der Waals surface area contributed by atoms with Gasteiger partial charge in [0.2, 0.25) is 0 Å². The molecule has 2 aromatic heterocycles. The predicted octanol–water partition coefficient (Wildman–Crippen LogP) is 0.295. The van der Waals surface area contributed by atoms with Crippen LogP contribution in [0.5, 0.6) is 0 Å². The molecule has 0 atom stereocenters. The van der Waals surface area contributed by atoms with Crippen molar-refractivity contribution < 1.29 is 0 Å². The van der Waals surface area contributed by atoms with Crippen molar-refractivity contribution in [2.75, 3.05) is 5.73 Å². The topological polar surface area (TPSA) is 74.5 Å². The van der Waals surface area contributed by atoms with Crippen LogP contribution in [0.3, 0.4) is 0 Å². The second-order valence-electron chi connectivity index (χ2n) is 2.86. The molecule has 0 aliphatic rings. The number of aromatic nitrogens is 5. The summed E-state index contributed by atoms with van der Waals surface area (Å²) in [5.74, 6) is 1.12. The van der Waals surface area contributed by atoms with E-state index in [0.717, 1.165) is 5.82 Å². The van der Waals surface area contributed by atoms with Gasteiger partial charge in [-0.1, -0.05) is 11.6 Å². The maximum absolute atomic E-state index is 5.76. The highest BCUT2D eigenvalue weighted by molar-refractivity contribution is 6.32. The van der Waals surface area contributed by atoms with E-state index in [-0.39, 0.29) is 0 Å². The molecule has 0 aromatic carbocycles. The lowest BCUT2D eigenvalue weighted by molar-refractivity contribution is 0.609. The molecule has 0 amide bonds. The van der Waals surface area contributed by atoms with Crippen molar-refractivity contribution in [2.24, 2.45) is 7.05 Å². The van der Waals surface area contributed by atoms with Gasteiger partial charge in [0, 0.05) is 13.2 Å². The van der Waals surface area contributed by atoms with Crippen molar-refractivity contribution in [3.63, 3.8) is 0 Å². The van der Waals surface area contributed by atoms with Crippen LogP contribution < -0.4 is 5.73 Å². The Morgan fingerprint density at radius 2 is 2.36 bits per heavy atom. The summed E-state index contributed by atoms with van der Waals surface area (Å²) in [6.07, 6.45) is 3.15. The molecule has 6 nitrogen and oxygen atoms in total. The molecule has 0 unspecified atom stereocenters. The predicted molar refractivity (Wildman–Crippen MR) is 51.8 cm³/mol. The molecule has 0 aliphatic carbocycles. The zero-order chi connectivity index (χ0) is 10.1. The molecule has 0 saturated carbocycles. The monoisotopic (exact) mass is 212 g/mol. The molecule has 14 heavy (non-hydrogen) atoms. The summed E-state index contributed by atoms with van der Waals surface area (Å²) in [5, 5.41) is 8.40. The van der Waals surface area contributed by atoms with Crippen molar-refractivity contribution in [1.29, 1.82) is 0 Å². The minimum atomic E-state index is 0.328. The van der Waals surface area contributed by atoms with Gasteiger partial charge in [-0.3, -0.25) is 9.36 Å². The van der Waals surface area contributed by atoms with Crippen molar-refractivity contribution >= 4 is 17.4 Å². The first kappa shape index (κ1) is 9.01. The maximum atomic E-state index is 5.76. The fraction of sp³-hybridized carbons (Fsp3) is 0.286. The molecule has 0 saturated heterocycles. The van der Waals surface area contributed by atoms with Crippen LogP contribution in [0.25, 0.3) is 0 Å². The van der Waals surface area contributed by atoms with Crippen LogP contribution in [0.2, 0.25) is 5.02 Å². The van der Waals surface area contributed by atoms with Gasteiger partial charge in [0.1, 0.15) is 23.7 Å². The molecule has 2 N–H and O–H groups in total. The van der Waals surface area contributed by atoms with Crippen LogP contribution >= 0.6 is 11.6 Å². The average molecular weight is 213 g/mol. The fourth-order valence-electron chi connectivity index (χ4n) is 1.10. The number of anilines is 1. The smallest absolute Gasteiger partial charge is 0.164 e. The van der Waals surface area contributed by atoms with Gasteiger partial charge < -0.3 is 5.73 Å². The number of nitrogen functional groups attached to an aromatic ring is 1. The van der Waals surface area contributed by atoms with E-state index < -0.39 is 0 Å². The lowest BCUT2D eigenvalue weighted by Gasteiger charge is -1.99. The van der Waals surface area contributed by atoms with E-state index in [4.69, 9.17) is 17.3 Å². The van der Waals surface area contributed by atoms with Crippen LogP contribution in [0, 0.1) is 0 Å². The fourth-order valence-corrected chi connectivity index (χ4v) is 1.25. The molecule has 0 aliphatic heterocycles. The van der Waals surface area contributed by atoms with E-state index >= 15 is 0 Å². The Balaban J connectivity index is 2.23. The van der Waals surface area contributed by atoms with Gasteiger partial charge in [-0.25, -0.2) is 4.98 Å². The highest BCUT2D eigenvalue weighted by Crippen LogP contribution is 2.15. The van der Waals surface area contributed by atoms with Crippen LogP contribution in [0.1, 0.15) is 5.82 Å². The third-order valence-corrected chi connectivity index (χ3v) is 2.14. The van der Waals surface area contributed by atoms with E-state index in [1.807, 2.05) is 7.05 Å². The van der Waals surface area contributed by atoms with Crippen LogP contribution in [-0.4, -0.2) is 24.5 Å². The van der Waals surface area contributed by atoms with Gasteiger partial charge >= 0.3 is 0 Å². The van der Waals surface area contributed by atoms with Crippen molar-refractivity contribution in [3.8, 4) is 0 Å². The van der Waals surface area contributed by atoms with E-state index in [9.17, 15) is 0 Å². The molecule has 74 valence electrons. The zero-order valence-corrected chi connectivity index (χ0v) is 8.31. The first-order chi connectivity index (χ1) is 6.66. The van der Waals surface area contributed by atoms with E-state index in [2.05, 4.69) is 15.2 Å². The molecule has 0 fully saturated rings. The van der Waals surface area contributed by atoms with Crippen molar-refractivity contribution in [3.05, 3.63) is 23.4 Å². The summed E-state index contributed by atoms with van der Waals surface area (Å²) in [6.45, 7) is 0.507. The number of nitrogens with zero attached hydrogens (tertiary/aromatic N) is 5. The van der Waals surface area contributed by atoms with Crippen LogP contribution in [0.15, 0.2) is 12.5 Å². The number of halogens is 1. The van der Waals surface area contributed by atoms with Crippen molar-refractivity contribution in [1.82, 2.24) is 24.5 Å². The highest BCUT2D eigenvalue weighted by atomic mass is 35.5. The second kappa shape index (κ2) is 3.30. The summed E-state index contributed by atoms with van der Waals surface area (Å²) in [6, 6.07) is 0. The first-order valence-electron chi connectivity index (χ1n) is 3.98. The Morgan fingerprint density at radius 1 is 1.57 bits per heavy atom. The third kappa shape index (κ3) is 1.56. The Bertz CT molecular complexity index is 425. The Morgan fingerprint density at radius 3 is 2.86 bits per heavy atom. The maximum Gasteiger partial charge on any atom is 0.164 e. The summed E-state index contributed by atoms with van der Waals surface area (Å²) in [5.41, 5.74) is 5.50. The quantitative estimate of drug-likeness (QED) is 0.777. The van der Waals surface area contributed by atoms with Gasteiger partial charge in [-0.2, -0.15) is 10.2 Å². The lowest BCUT2D eigenvalue weighted by atomic mass is 10.6.